The molecule has 2 aliphatic rings. The fourth-order valence-corrected chi connectivity index (χ4v) is 4.06. The van der Waals surface area contributed by atoms with Crippen molar-refractivity contribution in [2.24, 2.45) is 0 Å². The Morgan fingerprint density at radius 3 is 2.48 bits per heavy atom. The number of rotatable bonds is 4. The molecule has 27 heavy (non-hydrogen) atoms. The maximum Gasteiger partial charge on any atom is 0.410 e. The molecule has 2 aromatic rings. The quantitative estimate of drug-likeness (QED) is 0.709. The Morgan fingerprint density at radius 2 is 1.78 bits per heavy atom. The average molecular weight is 369 g/mol. The summed E-state index contributed by atoms with van der Waals surface area (Å²) in [6.07, 6.45) is 4.28. The lowest BCUT2D eigenvalue weighted by atomic mass is 9.95. The molecule has 0 spiro atoms. The molecule has 0 saturated carbocycles. The maximum absolute atomic E-state index is 13.9. The van der Waals surface area contributed by atoms with Crippen LogP contribution in [0.2, 0.25) is 0 Å². The van der Waals surface area contributed by atoms with Gasteiger partial charge in [-0.1, -0.05) is 48.0 Å². The first kappa shape index (κ1) is 17.7. The highest BCUT2D eigenvalue weighted by Crippen LogP contribution is 2.37. The summed E-state index contributed by atoms with van der Waals surface area (Å²) in [5.41, 5.74) is 2.03. The molecule has 2 aliphatic heterocycles. The van der Waals surface area contributed by atoms with Crippen LogP contribution in [0.3, 0.4) is 0 Å². The van der Waals surface area contributed by atoms with E-state index in [9.17, 15) is 13.6 Å². The van der Waals surface area contributed by atoms with E-state index >= 15 is 0 Å². The summed E-state index contributed by atoms with van der Waals surface area (Å²) in [6.45, 7) is 0.243. The van der Waals surface area contributed by atoms with Crippen LogP contribution in [-0.4, -0.2) is 23.1 Å². The minimum atomic E-state index is -0.520. The van der Waals surface area contributed by atoms with E-state index in [1.807, 2.05) is 36.4 Å². The lowest BCUT2D eigenvalue weighted by Gasteiger charge is -2.33. The number of carbonyl (C=O) groups is 1. The number of hydrogen-bond acceptors (Lipinski definition) is 2. The number of hydrogen-bond donors (Lipinski definition) is 0. The van der Waals surface area contributed by atoms with Gasteiger partial charge in [0.25, 0.3) is 0 Å². The van der Waals surface area contributed by atoms with E-state index in [2.05, 4.69) is 0 Å². The molecule has 0 aliphatic carbocycles. The molecular weight excluding hydrogens is 348 g/mol. The fourth-order valence-electron chi connectivity index (χ4n) is 4.06. The molecule has 1 saturated heterocycles. The zero-order valence-corrected chi connectivity index (χ0v) is 14.9. The Hall–Kier alpha value is -2.69. The van der Waals surface area contributed by atoms with Crippen molar-refractivity contribution in [3.05, 3.63) is 82.9 Å². The van der Waals surface area contributed by atoms with Gasteiger partial charge in [0.15, 0.2) is 0 Å². The van der Waals surface area contributed by atoms with Crippen molar-refractivity contribution in [2.45, 2.75) is 44.4 Å². The standard InChI is InChI=1S/C22H21F2NO2/c23-20-7-4-8-21(24)19(20)13-16-11-17-9-10-18(12-16)25(17)22(26)27-14-15-5-2-1-3-6-15/h1-8,11,17-18H,9-10,12-14H2. The Balaban J connectivity index is 1.44. The lowest BCUT2D eigenvalue weighted by Crippen LogP contribution is -2.43. The van der Waals surface area contributed by atoms with Crippen molar-refractivity contribution in [1.29, 1.82) is 0 Å². The van der Waals surface area contributed by atoms with Gasteiger partial charge < -0.3 is 4.74 Å². The minimum absolute atomic E-state index is 0.0353. The Kier molecular flexibility index (Phi) is 4.92. The van der Waals surface area contributed by atoms with E-state index in [4.69, 9.17) is 4.74 Å². The molecule has 2 atom stereocenters. The van der Waals surface area contributed by atoms with E-state index in [1.54, 1.807) is 4.90 Å². The molecule has 2 unspecified atom stereocenters. The highest BCUT2D eigenvalue weighted by molar-refractivity contribution is 5.70. The summed E-state index contributed by atoms with van der Waals surface area (Å²) in [7, 11) is 0. The number of benzene rings is 2. The van der Waals surface area contributed by atoms with E-state index in [-0.39, 0.29) is 36.8 Å². The molecule has 1 amide bonds. The summed E-state index contributed by atoms with van der Waals surface area (Å²) in [5.74, 6) is -1.04. The van der Waals surface area contributed by atoms with Crippen molar-refractivity contribution in [3.8, 4) is 0 Å². The van der Waals surface area contributed by atoms with Gasteiger partial charge in [-0.15, -0.1) is 0 Å². The number of carbonyl (C=O) groups excluding carboxylic acids is 1. The van der Waals surface area contributed by atoms with Crippen LogP contribution < -0.4 is 0 Å². The van der Waals surface area contributed by atoms with E-state index < -0.39 is 11.6 Å². The van der Waals surface area contributed by atoms with Gasteiger partial charge in [-0.2, -0.15) is 0 Å². The molecule has 0 N–H and O–H groups in total. The second-order valence-corrected chi connectivity index (χ2v) is 7.15. The van der Waals surface area contributed by atoms with Crippen molar-refractivity contribution < 1.29 is 18.3 Å². The second-order valence-electron chi connectivity index (χ2n) is 7.15. The van der Waals surface area contributed by atoms with Crippen LogP contribution >= 0.6 is 0 Å². The third-order valence-corrected chi connectivity index (χ3v) is 5.35. The monoisotopic (exact) mass is 369 g/mol. The molecular formula is C22H21F2NO2. The Morgan fingerprint density at radius 1 is 1.04 bits per heavy atom. The van der Waals surface area contributed by atoms with Crippen molar-refractivity contribution in [1.82, 2.24) is 4.90 Å². The van der Waals surface area contributed by atoms with E-state index in [1.165, 1.54) is 18.2 Å². The van der Waals surface area contributed by atoms with Crippen LogP contribution in [-0.2, 0) is 17.8 Å². The van der Waals surface area contributed by atoms with Gasteiger partial charge in [-0.3, -0.25) is 4.90 Å². The first-order valence-electron chi connectivity index (χ1n) is 9.23. The van der Waals surface area contributed by atoms with Crippen molar-refractivity contribution in [2.75, 3.05) is 0 Å². The van der Waals surface area contributed by atoms with Crippen LogP contribution in [0, 0.1) is 11.6 Å². The Labute approximate surface area is 157 Å². The first-order chi connectivity index (χ1) is 13.1. The molecule has 0 aromatic heterocycles. The van der Waals surface area contributed by atoms with E-state index in [0.717, 1.165) is 24.0 Å². The van der Waals surface area contributed by atoms with Crippen molar-refractivity contribution in [3.63, 3.8) is 0 Å². The molecule has 5 heteroatoms. The van der Waals surface area contributed by atoms with Gasteiger partial charge in [-0.05, 0) is 43.4 Å². The largest absolute Gasteiger partial charge is 0.445 e. The molecule has 2 bridgehead atoms. The van der Waals surface area contributed by atoms with Gasteiger partial charge in [0.1, 0.15) is 18.2 Å². The Bertz CT molecular complexity index is 846. The fraction of sp³-hybridized carbons (Fsp3) is 0.318. The summed E-state index contributed by atoms with van der Waals surface area (Å²) < 4.78 is 33.3. The van der Waals surface area contributed by atoms with Crippen LogP contribution in [0.5, 0.6) is 0 Å². The third-order valence-electron chi connectivity index (χ3n) is 5.35. The molecule has 3 nitrogen and oxygen atoms in total. The number of fused-ring (bicyclic) bond motifs is 2. The molecule has 0 radical (unpaired) electrons. The number of halogens is 2. The predicted octanol–water partition coefficient (Wildman–Crippen LogP) is 5.01. The van der Waals surface area contributed by atoms with Gasteiger partial charge in [0.2, 0.25) is 0 Å². The topological polar surface area (TPSA) is 29.5 Å². The van der Waals surface area contributed by atoms with Gasteiger partial charge >= 0.3 is 6.09 Å². The number of amides is 1. The van der Waals surface area contributed by atoms with Crippen molar-refractivity contribution >= 4 is 6.09 Å². The van der Waals surface area contributed by atoms with Gasteiger partial charge in [0.05, 0.1) is 6.04 Å². The summed E-state index contributed by atoms with van der Waals surface area (Å²) in [6, 6.07) is 13.5. The number of ether oxygens (including phenoxy) is 1. The normalized spacial score (nSPS) is 21.1. The molecule has 4 rings (SSSR count). The average Bonchev–Trinajstić information content (AvgIpc) is 2.94. The molecule has 1 fully saturated rings. The maximum atomic E-state index is 13.9. The van der Waals surface area contributed by atoms with E-state index in [0.29, 0.717) is 6.42 Å². The van der Waals surface area contributed by atoms with Gasteiger partial charge in [-0.25, -0.2) is 13.6 Å². The highest BCUT2D eigenvalue weighted by atomic mass is 19.1. The number of nitrogens with zero attached hydrogens (tertiary/aromatic N) is 1. The smallest absolute Gasteiger partial charge is 0.410 e. The summed E-state index contributed by atoms with van der Waals surface area (Å²) in [5, 5.41) is 0. The van der Waals surface area contributed by atoms with Gasteiger partial charge in [0, 0.05) is 11.6 Å². The first-order valence-corrected chi connectivity index (χ1v) is 9.23. The van der Waals surface area contributed by atoms with Crippen LogP contribution in [0.4, 0.5) is 13.6 Å². The SMILES string of the molecule is O=C(OCc1ccccc1)N1C2C=C(Cc3c(F)cccc3F)CC1CC2. The highest BCUT2D eigenvalue weighted by Gasteiger charge is 2.40. The minimum Gasteiger partial charge on any atom is -0.445 e. The van der Waals surface area contributed by atoms with Crippen LogP contribution in [0.1, 0.15) is 30.4 Å². The van der Waals surface area contributed by atoms with Crippen LogP contribution in [0.15, 0.2) is 60.2 Å². The molecule has 2 aromatic carbocycles. The molecule has 140 valence electrons. The zero-order valence-electron chi connectivity index (χ0n) is 14.9. The zero-order chi connectivity index (χ0) is 18.8. The lowest BCUT2D eigenvalue weighted by molar-refractivity contribution is 0.0815. The second kappa shape index (κ2) is 7.51. The molecule has 2 heterocycles. The predicted molar refractivity (Wildman–Crippen MR) is 98.0 cm³/mol. The third kappa shape index (κ3) is 3.72. The summed E-state index contributed by atoms with van der Waals surface area (Å²) in [4.78, 5) is 14.3. The van der Waals surface area contributed by atoms with Crippen LogP contribution in [0.25, 0.3) is 0 Å². The summed E-state index contributed by atoms with van der Waals surface area (Å²) >= 11 is 0.